The zero-order valence-corrected chi connectivity index (χ0v) is 26.3. The Hall–Kier alpha value is -3.36. The van der Waals surface area contributed by atoms with Crippen LogP contribution in [0.5, 0.6) is 0 Å². The summed E-state index contributed by atoms with van der Waals surface area (Å²) < 4.78 is 29.2. The van der Waals surface area contributed by atoms with Crippen molar-refractivity contribution in [3.8, 4) is 0 Å². The highest BCUT2D eigenvalue weighted by Gasteiger charge is 2.34. The number of nitrogens with zero attached hydrogens (tertiary/aromatic N) is 2. The van der Waals surface area contributed by atoms with Gasteiger partial charge in [-0.1, -0.05) is 85.0 Å². The third-order valence-electron chi connectivity index (χ3n) is 7.85. The number of halogens is 1. The van der Waals surface area contributed by atoms with E-state index in [9.17, 15) is 18.0 Å². The van der Waals surface area contributed by atoms with Crippen LogP contribution in [0.15, 0.2) is 71.6 Å². The molecule has 0 aliphatic heterocycles. The van der Waals surface area contributed by atoms with Gasteiger partial charge in [-0.3, -0.25) is 13.9 Å². The summed E-state index contributed by atoms with van der Waals surface area (Å²) in [5, 5.41) is 3.53. The molecule has 1 aliphatic rings. The van der Waals surface area contributed by atoms with Crippen LogP contribution in [0.4, 0.5) is 5.69 Å². The van der Waals surface area contributed by atoms with Crippen LogP contribution in [0.3, 0.4) is 0 Å². The fourth-order valence-electron chi connectivity index (χ4n) is 5.40. The summed E-state index contributed by atoms with van der Waals surface area (Å²) in [6.07, 6.45) is 4.37. The van der Waals surface area contributed by atoms with Gasteiger partial charge in [0.2, 0.25) is 11.8 Å². The Morgan fingerprint density at radius 3 is 2.26 bits per heavy atom. The highest BCUT2D eigenvalue weighted by molar-refractivity contribution is 7.92. The third-order valence-corrected chi connectivity index (χ3v) is 10.0. The van der Waals surface area contributed by atoms with E-state index in [1.807, 2.05) is 52.0 Å². The monoisotopic (exact) mass is 609 g/mol. The van der Waals surface area contributed by atoms with Gasteiger partial charge < -0.3 is 10.2 Å². The molecule has 0 heterocycles. The SMILES string of the molecule is CC[C@@H](C(=O)NC1CCCC1)N(Cc1cccc(C)c1)C(=O)CN(c1ccc(C)c(Cl)c1)S(=O)(=O)c1ccc(C)cc1. The summed E-state index contributed by atoms with van der Waals surface area (Å²) in [7, 11) is -4.15. The molecule has 0 unspecified atom stereocenters. The van der Waals surface area contributed by atoms with Gasteiger partial charge in [-0.25, -0.2) is 8.42 Å². The van der Waals surface area contributed by atoms with Crippen molar-refractivity contribution in [1.29, 1.82) is 0 Å². The standard InChI is InChI=1S/C33H40ClN3O4S/c1-5-31(33(39)35-27-11-6-7-12-27)36(21-26-10-8-9-24(3)19-26)32(38)22-37(28-16-15-25(4)30(34)20-28)42(40,41)29-17-13-23(2)14-18-29/h8-10,13-20,27,31H,5-7,11-12,21-22H2,1-4H3,(H,35,39)/t31-/m0/s1. The minimum atomic E-state index is -4.15. The number of carbonyl (C=O) groups excluding carboxylic acids is 2. The Bertz CT molecular complexity index is 1520. The van der Waals surface area contributed by atoms with Crippen LogP contribution in [-0.2, 0) is 26.2 Å². The van der Waals surface area contributed by atoms with Crippen molar-refractivity contribution in [2.24, 2.45) is 0 Å². The molecule has 1 saturated carbocycles. The van der Waals surface area contributed by atoms with Crippen LogP contribution in [0.2, 0.25) is 5.02 Å². The number of hydrogen-bond donors (Lipinski definition) is 1. The van der Waals surface area contributed by atoms with E-state index in [2.05, 4.69) is 5.32 Å². The number of rotatable bonds is 11. The second-order valence-electron chi connectivity index (χ2n) is 11.2. The van der Waals surface area contributed by atoms with Gasteiger partial charge in [0, 0.05) is 17.6 Å². The molecule has 2 amide bonds. The lowest BCUT2D eigenvalue weighted by Crippen LogP contribution is -2.53. The van der Waals surface area contributed by atoms with Crippen molar-refractivity contribution in [1.82, 2.24) is 10.2 Å². The molecule has 4 rings (SSSR count). The molecule has 1 aliphatic carbocycles. The molecule has 1 fully saturated rings. The summed E-state index contributed by atoms with van der Waals surface area (Å²) >= 11 is 6.42. The normalized spacial score (nSPS) is 14.4. The molecule has 0 bridgehead atoms. The highest BCUT2D eigenvalue weighted by atomic mass is 35.5. The molecule has 0 saturated heterocycles. The Morgan fingerprint density at radius 2 is 1.64 bits per heavy atom. The van der Waals surface area contributed by atoms with Crippen molar-refractivity contribution in [3.05, 3.63) is 94.0 Å². The van der Waals surface area contributed by atoms with Crippen LogP contribution in [0, 0.1) is 20.8 Å². The summed E-state index contributed by atoms with van der Waals surface area (Å²) in [5.41, 5.74) is 3.87. The second-order valence-corrected chi connectivity index (χ2v) is 13.5. The van der Waals surface area contributed by atoms with Gasteiger partial charge in [0.25, 0.3) is 10.0 Å². The van der Waals surface area contributed by atoms with E-state index in [4.69, 9.17) is 11.6 Å². The van der Waals surface area contributed by atoms with Crippen LogP contribution in [-0.4, -0.2) is 43.8 Å². The van der Waals surface area contributed by atoms with Crippen molar-refractivity contribution in [2.45, 2.75) is 83.3 Å². The molecule has 0 aromatic heterocycles. The zero-order chi connectivity index (χ0) is 30.4. The molecule has 3 aromatic carbocycles. The molecular weight excluding hydrogens is 570 g/mol. The van der Waals surface area contributed by atoms with E-state index < -0.39 is 28.5 Å². The number of amides is 2. The topological polar surface area (TPSA) is 86.8 Å². The van der Waals surface area contributed by atoms with E-state index in [0.29, 0.717) is 11.4 Å². The number of aryl methyl sites for hydroxylation is 3. The average Bonchev–Trinajstić information content (AvgIpc) is 3.46. The van der Waals surface area contributed by atoms with Crippen LogP contribution >= 0.6 is 11.6 Å². The first-order valence-corrected chi connectivity index (χ1v) is 16.3. The van der Waals surface area contributed by atoms with E-state index in [1.165, 1.54) is 17.0 Å². The van der Waals surface area contributed by atoms with E-state index in [1.54, 1.807) is 30.3 Å². The summed E-state index contributed by atoms with van der Waals surface area (Å²) in [6, 6.07) is 18.6. The van der Waals surface area contributed by atoms with Gasteiger partial charge in [0.05, 0.1) is 10.6 Å². The molecule has 9 heteroatoms. The maximum atomic E-state index is 14.2. The third kappa shape index (κ3) is 7.53. The fourth-order valence-corrected chi connectivity index (χ4v) is 6.98. The van der Waals surface area contributed by atoms with E-state index >= 15 is 0 Å². The lowest BCUT2D eigenvalue weighted by molar-refractivity contribution is -0.140. The van der Waals surface area contributed by atoms with Crippen molar-refractivity contribution in [2.75, 3.05) is 10.8 Å². The Balaban J connectivity index is 1.73. The van der Waals surface area contributed by atoms with Crippen LogP contribution < -0.4 is 9.62 Å². The largest absolute Gasteiger partial charge is 0.352 e. The van der Waals surface area contributed by atoms with Crippen molar-refractivity contribution >= 4 is 39.1 Å². The number of nitrogens with one attached hydrogen (secondary N) is 1. The van der Waals surface area contributed by atoms with Crippen LogP contribution in [0.25, 0.3) is 0 Å². The molecular formula is C33H40ClN3O4S. The first kappa shape index (κ1) is 31.6. The van der Waals surface area contributed by atoms with Gasteiger partial charge in [-0.2, -0.15) is 0 Å². The zero-order valence-electron chi connectivity index (χ0n) is 24.8. The summed E-state index contributed by atoms with van der Waals surface area (Å²) in [6.45, 7) is 7.22. The van der Waals surface area contributed by atoms with Crippen molar-refractivity contribution in [3.63, 3.8) is 0 Å². The Kier molecular flexibility index (Phi) is 10.3. The fraction of sp³-hybridized carbons (Fsp3) is 0.394. The molecule has 42 heavy (non-hydrogen) atoms. The maximum absolute atomic E-state index is 14.2. The van der Waals surface area contributed by atoms with Gasteiger partial charge in [-0.05, 0) is 75.4 Å². The predicted octanol–water partition coefficient (Wildman–Crippen LogP) is 6.33. The summed E-state index contributed by atoms with van der Waals surface area (Å²) in [5.74, 6) is -0.686. The van der Waals surface area contributed by atoms with Crippen molar-refractivity contribution < 1.29 is 18.0 Å². The molecule has 0 radical (unpaired) electrons. The first-order chi connectivity index (χ1) is 20.0. The molecule has 1 N–H and O–H groups in total. The Labute approximate surface area is 254 Å². The molecule has 3 aromatic rings. The lowest BCUT2D eigenvalue weighted by atomic mass is 10.1. The van der Waals surface area contributed by atoms with Gasteiger partial charge in [0.1, 0.15) is 12.6 Å². The highest BCUT2D eigenvalue weighted by Crippen LogP contribution is 2.29. The lowest BCUT2D eigenvalue weighted by Gasteiger charge is -2.34. The quantitative estimate of drug-likeness (QED) is 0.275. The van der Waals surface area contributed by atoms with E-state index in [-0.39, 0.29) is 29.1 Å². The number of sulfonamides is 1. The number of carbonyl (C=O) groups is 2. The second kappa shape index (κ2) is 13.7. The Morgan fingerprint density at radius 1 is 0.952 bits per heavy atom. The average molecular weight is 610 g/mol. The van der Waals surface area contributed by atoms with E-state index in [0.717, 1.165) is 52.2 Å². The number of hydrogen-bond acceptors (Lipinski definition) is 4. The van der Waals surface area contributed by atoms with Crippen LogP contribution in [0.1, 0.15) is 61.3 Å². The number of anilines is 1. The maximum Gasteiger partial charge on any atom is 0.264 e. The molecule has 7 nitrogen and oxygen atoms in total. The van der Waals surface area contributed by atoms with Gasteiger partial charge >= 0.3 is 0 Å². The summed E-state index contributed by atoms with van der Waals surface area (Å²) in [4.78, 5) is 29.4. The smallest absolute Gasteiger partial charge is 0.264 e. The molecule has 0 spiro atoms. The first-order valence-electron chi connectivity index (χ1n) is 14.5. The minimum Gasteiger partial charge on any atom is -0.352 e. The predicted molar refractivity (Wildman–Crippen MR) is 168 cm³/mol. The number of benzene rings is 3. The van der Waals surface area contributed by atoms with Gasteiger partial charge in [0.15, 0.2) is 0 Å². The molecule has 224 valence electrons. The molecule has 1 atom stereocenters. The minimum absolute atomic E-state index is 0.0637. The van der Waals surface area contributed by atoms with Gasteiger partial charge in [-0.15, -0.1) is 0 Å².